The Balaban J connectivity index is 1.25. The molecule has 1 aromatic heterocycles. The number of rotatable bonds is 8. The Labute approximate surface area is 305 Å². The minimum Gasteiger partial charge on any atom is -0.483 e. The van der Waals surface area contributed by atoms with Gasteiger partial charge in [0.2, 0.25) is 0 Å². The fraction of sp³-hybridized carbons (Fsp3) is 0.0612. The first-order valence-corrected chi connectivity index (χ1v) is 17.9. The number of ether oxygens (including phenoxy) is 1. The number of hydrogen-bond acceptors (Lipinski definition) is 2. The van der Waals surface area contributed by atoms with E-state index in [1.807, 2.05) is 12.2 Å². The maximum absolute atomic E-state index is 6.88. The molecule has 0 saturated heterocycles. The van der Waals surface area contributed by atoms with Gasteiger partial charge in [-0.05, 0) is 89.9 Å². The molecule has 0 radical (unpaired) electrons. The lowest BCUT2D eigenvalue weighted by Crippen LogP contribution is -2.15. The van der Waals surface area contributed by atoms with Crippen molar-refractivity contribution in [1.82, 2.24) is 4.57 Å². The Morgan fingerprint density at radius 3 is 2.12 bits per heavy atom. The Hall–Kier alpha value is -6.58. The molecule has 0 fully saturated rings. The SMILES string of the molecule is C=C/C=C\C(=C/C)N(c1ccccc1)c1ccc(-c2cc3c(c4c2c2ccccc2n4-c2ccc(-c4ccccc4)cc2)OC2C=CC=CC32)cc1. The minimum absolute atomic E-state index is 0.0324. The molecule has 52 heavy (non-hydrogen) atoms. The van der Waals surface area contributed by atoms with Gasteiger partial charge in [-0.3, -0.25) is 0 Å². The number of para-hydroxylation sites is 2. The van der Waals surface area contributed by atoms with Gasteiger partial charge in [-0.25, -0.2) is 0 Å². The van der Waals surface area contributed by atoms with Crippen LogP contribution in [-0.4, -0.2) is 10.7 Å². The predicted octanol–water partition coefficient (Wildman–Crippen LogP) is 12.9. The van der Waals surface area contributed by atoms with Gasteiger partial charge in [-0.2, -0.15) is 0 Å². The first-order valence-electron chi connectivity index (χ1n) is 17.9. The van der Waals surface area contributed by atoms with E-state index in [9.17, 15) is 0 Å². The maximum Gasteiger partial charge on any atom is 0.148 e. The number of aromatic nitrogens is 1. The second kappa shape index (κ2) is 13.3. The highest BCUT2D eigenvalue weighted by atomic mass is 16.5. The number of fused-ring (bicyclic) bond motifs is 7. The molecule has 0 amide bonds. The van der Waals surface area contributed by atoms with E-state index in [0.29, 0.717) is 0 Å². The highest BCUT2D eigenvalue weighted by Gasteiger charge is 2.36. The van der Waals surface area contributed by atoms with Crippen molar-refractivity contribution in [3.8, 4) is 33.7 Å². The first-order chi connectivity index (χ1) is 25.7. The molecular weight excluding hydrogens is 633 g/mol. The lowest BCUT2D eigenvalue weighted by atomic mass is 9.88. The topological polar surface area (TPSA) is 17.4 Å². The largest absolute Gasteiger partial charge is 0.483 e. The maximum atomic E-state index is 6.88. The Morgan fingerprint density at radius 1 is 0.712 bits per heavy atom. The summed E-state index contributed by atoms with van der Waals surface area (Å²) in [4.78, 5) is 2.28. The van der Waals surface area contributed by atoms with Gasteiger partial charge in [0, 0.05) is 45.0 Å². The first kappa shape index (κ1) is 31.4. The predicted molar refractivity (Wildman–Crippen MR) is 219 cm³/mol. The molecule has 3 heteroatoms. The van der Waals surface area contributed by atoms with Gasteiger partial charge < -0.3 is 14.2 Å². The fourth-order valence-corrected chi connectivity index (χ4v) is 7.86. The Bertz CT molecular complexity index is 2550. The molecule has 9 rings (SSSR count). The van der Waals surface area contributed by atoms with Crippen LogP contribution in [0.1, 0.15) is 18.4 Å². The molecule has 6 aromatic carbocycles. The summed E-state index contributed by atoms with van der Waals surface area (Å²) in [5.41, 5.74) is 12.6. The van der Waals surface area contributed by atoms with Gasteiger partial charge >= 0.3 is 0 Å². The van der Waals surface area contributed by atoms with E-state index < -0.39 is 0 Å². The van der Waals surface area contributed by atoms with Crippen molar-refractivity contribution in [2.45, 2.75) is 18.9 Å². The summed E-state index contributed by atoms with van der Waals surface area (Å²) >= 11 is 0. The summed E-state index contributed by atoms with van der Waals surface area (Å²) in [6.07, 6.45) is 16.7. The minimum atomic E-state index is -0.0324. The molecule has 1 aliphatic carbocycles. The van der Waals surface area contributed by atoms with Crippen molar-refractivity contribution < 1.29 is 4.74 Å². The quantitative estimate of drug-likeness (QED) is 0.150. The van der Waals surface area contributed by atoms with E-state index in [2.05, 4.69) is 199 Å². The van der Waals surface area contributed by atoms with Crippen LogP contribution >= 0.6 is 0 Å². The monoisotopic (exact) mass is 670 g/mol. The van der Waals surface area contributed by atoms with Crippen molar-refractivity contribution >= 4 is 33.2 Å². The standard InChI is InChI=1S/C49H38N2O/c1-3-5-18-37(4-2)50(38-19-10-7-11-20-38)39-31-27-36(28-32-39)43-33-44-41-21-13-15-24-46(41)52-49(44)48-47(43)42-22-12-14-23-45(42)51(48)40-29-25-35(26-30-40)34-16-8-6-9-17-34/h3-33,41,46H,1H2,2H3/b18-5-,37-4+. The molecule has 0 saturated carbocycles. The number of anilines is 2. The summed E-state index contributed by atoms with van der Waals surface area (Å²) in [7, 11) is 0. The lowest BCUT2D eigenvalue weighted by Gasteiger charge is -2.26. The molecule has 3 nitrogen and oxygen atoms in total. The van der Waals surface area contributed by atoms with Crippen molar-refractivity contribution in [3.63, 3.8) is 0 Å². The van der Waals surface area contributed by atoms with E-state index in [4.69, 9.17) is 4.74 Å². The zero-order valence-corrected chi connectivity index (χ0v) is 29.1. The van der Waals surface area contributed by atoms with Gasteiger partial charge in [0.05, 0.1) is 11.0 Å². The van der Waals surface area contributed by atoms with Crippen LogP contribution in [0.25, 0.3) is 49.7 Å². The van der Waals surface area contributed by atoms with Gasteiger partial charge in [0.1, 0.15) is 11.9 Å². The van der Waals surface area contributed by atoms with Crippen LogP contribution in [-0.2, 0) is 0 Å². The molecule has 2 aliphatic rings. The highest BCUT2D eigenvalue weighted by molar-refractivity contribution is 6.18. The van der Waals surface area contributed by atoms with Crippen LogP contribution in [0.2, 0.25) is 0 Å². The molecule has 2 heterocycles. The van der Waals surface area contributed by atoms with Crippen molar-refractivity contribution in [1.29, 1.82) is 0 Å². The third kappa shape index (κ3) is 5.30. The third-order valence-corrected chi connectivity index (χ3v) is 10.3. The van der Waals surface area contributed by atoms with Gasteiger partial charge in [0.15, 0.2) is 0 Å². The summed E-state index contributed by atoms with van der Waals surface area (Å²) in [5.74, 6) is 1.11. The number of allylic oxidation sites excluding steroid dienone is 6. The number of nitrogens with zero attached hydrogens (tertiary/aromatic N) is 2. The van der Waals surface area contributed by atoms with Gasteiger partial charge in [0.25, 0.3) is 0 Å². The van der Waals surface area contributed by atoms with Gasteiger partial charge in [-0.1, -0.05) is 134 Å². The molecule has 0 spiro atoms. The van der Waals surface area contributed by atoms with Crippen LogP contribution in [0.15, 0.2) is 200 Å². The molecule has 250 valence electrons. The zero-order valence-electron chi connectivity index (χ0n) is 29.1. The molecule has 0 bridgehead atoms. The highest BCUT2D eigenvalue weighted by Crippen LogP contribution is 2.52. The van der Waals surface area contributed by atoms with Crippen LogP contribution in [0.3, 0.4) is 0 Å². The Kier molecular flexibility index (Phi) is 8.02. The average Bonchev–Trinajstić information content (AvgIpc) is 3.76. The summed E-state index contributed by atoms with van der Waals surface area (Å²) < 4.78 is 9.29. The van der Waals surface area contributed by atoms with Gasteiger partial charge in [-0.15, -0.1) is 0 Å². The lowest BCUT2D eigenvalue weighted by molar-refractivity contribution is 0.271. The Morgan fingerprint density at radius 2 is 1.37 bits per heavy atom. The molecule has 7 aromatic rings. The van der Waals surface area contributed by atoms with Crippen LogP contribution in [0, 0.1) is 0 Å². The molecule has 2 atom stereocenters. The molecular formula is C49H38N2O. The number of benzene rings is 6. The van der Waals surface area contributed by atoms with E-state index in [-0.39, 0.29) is 12.0 Å². The summed E-state index contributed by atoms with van der Waals surface area (Å²) in [6, 6.07) is 50.1. The smallest absolute Gasteiger partial charge is 0.148 e. The fourth-order valence-electron chi connectivity index (χ4n) is 7.86. The normalized spacial score (nSPS) is 16.3. The van der Waals surface area contributed by atoms with Crippen LogP contribution in [0.5, 0.6) is 5.75 Å². The molecule has 0 N–H and O–H groups in total. The van der Waals surface area contributed by atoms with E-state index >= 15 is 0 Å². The average molecular weight is 671 g/mol. The number of hydrogen-bond donors (Lipinski definition) is 0. The van der Waals surface area contributed by atoms with Crippen LogP contribution < -0.4 is 9.64 Å². The van der Waals surface area contributed by atoms with Crippen molar-refractivity contribution in [3.05, 3.63) is 206 Å². The van der Waals surface area contributed by atoms with E-state index in [0.717, 1.165) is 45.1 Å². The van der Waals surface area contributed by atoms with E-state index in [1.54, 1.807) is 0 Å². The zero-order chi connectivity index (χ0) is 35.0. The van der Waals surface area contributed by atoms with Crippen molar-refractivity contribution in [2.24, 2.45) is 0 Å². The molecule has 1 aliphatic heterocycles. The second-order valence-corrected chi connectivity index (χ2v) is 13.2. The summed E-state index contributed by atoms with van der Waals surface area (Å²) in [5, 5.41) is 2.40. The second-order valence-electron chi connectivity index (χ2n) is 13.2. The molecule has 2 unspecified atom stereocenters. The van der Waals surface area contributed by atoms with Crippen molar-refractivity contribution in [2.75, 3.05) is 4.90 Å². The van der Waals surface area contributed by atoms with E-state index in [1.165, 1.54) is 33.0 Å². The third-order valence-electron chi connectivity index (χ3n) is 10.3. The van der Waals surface area contributed by atoms with Crippen LogP contribution in [0.4, 0.5) is 11.4 Å². The summed E-state index contributed by atoms with van der Waals surface area (Å²) in [6.45, 7) is 5.97.